The highest BCUT2D eigenvalue weighted by molar-refractivity contribution is 7.99. The Labute approximate surface area is 116 Å². The highest BCUT2D eigenvalue weighted by atomic mass is 32.2. The molecule has 1 saturated heterocycles. The molecule has 102 valence electrons. The van der Waals surface area contributed by atoms with Crippen LogP contribution in [0.5, 0.6) is 0 Å². The van der Waals surface area contributed by atoms with Crippen LogP contribution in [0, 0.1) is 0 Å². The molecule has 0 bridgehead atoms. The van der Waals surface area contributed by atoms with Crippen LogP contribution in [0.25, 0.3) is 0 Å². The van der Waals surface area contributed by atoms with E-state index in [1.807, 2.05) is 18.2 Å². The molecule has 1 aromatic heterocycles. The van der Waals surface area contributed by atoms with Gasteiger partial charge in [0, 0.05) is 12.7 Å². The van der Waals surface area contributed by atoms with Crippen molar-refractivity contribution >= 4 is 23.6 Å². The van der Waals surface area contributed by atoms with Gasteiger partial charge in [0.2, 0.25) is 11.8 Å². The normalized spacial score (nSPS) is 19.2. The Morgan fingerprint density at radius 2 is 2.26 bits per heavy atom. The molecule has 0 aliphatic carbocycles. The Balaban J connectivity index is 1.93. The minimum atomic E-state index is -0.439. The second-order valence-corrected chi connectivity index (χ2v) is 5.45. The van der Waals surface area contributed by atoms with Crippen molar-refractivity contribution in [1.29, 1.82) is 0 Å². The molecule has 0 saturated carbocycles. The molecule has 2 amide bonds. The maximum atomic E-state index is 12.2. The Morgan fingerprint density at radius 1 is 1.42 bits per heavy atom. The molecule has 5 nitrogen and oxygen atoms in total. The monoisotopic (exact) mass is 279 g/mol. The first-order valence-corrected chi connectivity index (χ1v) is 7.29. The number of thioether (sulfide) groups is 1. The van der Waals surface area contributed by atoms with Crippen molar-refractivity contribution in [2.24, 2.45) is 5.73 Å². The lowest BCUT2D eigenvalue weighted by Crippen LogP contribution is -2.51. The van der Waals surface area contributed by atoms with Crippen LogP contribution in [0.3, 0.4) is 0 Å². The molecule has 6 heteroatoms. The molecule has 0 spiro atoms. The first-order chi connectivity index (χ1) is 9.18. The van der Waals surface area contributed by atoms with E-state index in [0.29, 0.717) is 18.7 Å². The van der Waals surface area contributed by atoms with Crippen LogP contribution in [0.4, 0.5) is 0 Å². The molecular formula is C13H17N3O2S. The van der Waals surface area contributed by atoms with E-state index < -0.39 is 11.9 Å². The molecule has 1 atom stereocenters. The van der Waals surface area contributed by atoms with Gasteiger partial charge in [-0.2, -0.15) is 0 Å². The summed E-state index contributed by atoms with van der Waals surface area (Å²) < 4.78 is 0. The predicted octanol–water partition coefficient (Wildman–Crippen LogP) is 1.04. The zero-order chi connectivity index (χ0) is 13.7. The molecule has 19 heavy (non-hydrogen) atoms. The van der Waals surface area contributed by atoms with Crippen molar-refractivity contribution in [3.05, 3.63) is 24.4 Å². The number of pyridine rings is 1. The van der Waals surface area contributed by atoms with E-state index in [2.05, 4.69) is 4.98 Å². The van der Waals surface area contributed by atoms with Crippen molar-refractivity contribution in [3.63, 3.8) is 0 Å². The number of piperidine rings is 1. The van der Waals surface area contributed by atoms with Crippen molar-refractivity contribution < 1.29 is 9.59 Å². The molecule has 1 aromatic rings. The third kappa shape index (κ3) is 3.70. The number of aromatic nitrogens is 1. The Kier molecular flexibility index (Phi) is 4.79. The largest absolute Gasteiger partial charge is 0.368 e. The van der Waals surface area contributed by atoms with E-state index in [0.717, 1.165) is 17.9 Å². The third-order valence-electron chi connectivity index (χ3n) is 3.13. The van der Waals surface area contributed by atoms with Crippen LogP contribution in [0.15, 0.2) is 29.4 Å². The molecule has 0 radical (unpaired) electrons. The van der Waals surface area contributed by atoms with E-state index in [9.17, 15) is 9.59 Å². The maximum Gasteiger partial charge on any atom is 0.240 e. The van der Waals surface area contributed by atoms with Crippen LogP contribution in [-0.2, 0) is 9.59 Å². The van der Waals surface area contributed by atoms with Gasteiger partial charge in [-0.1, -0.05) is 17.8 Å². The average Bonchev–Trinajstić information content (AvgIpc) is 2.46. The van der Waals surface area contributed by atoms with E-state index >= 15 is 0 Å². The number of rotatable bonds is 4. The number of carbonyl (C=O) groups is 2. The summed E-state index contributed by atoms with van der Waals surface area (Å²) in [6.07, 6.45) is 4.25. The molecular weight excluding hydrogens is 262 g/mol. The Hall–Kier alpha value is -1.56. The maximum absolute atomic E-state index is 12.2. The van der Waals surface area contributed by atoms with Crippen molar-refractivity contribution in [2.75, 3.05) is 12.3 Å². The molecule has 2 N–H and O–H groups in total. The average molecular weight is 279 g/mol. The lowest BCUT2D eigenvalue weighted by molar-refractivity contribution is -0.138. The number of nitrogens with two attached hydrogens (primary N) is 1. The predicted molar refractivity (Wildman–Crippen MR) is 73.5 cm³/mol. The van der Waals surface area contributed by atoms with E-state index in [1.54, 1.807) is 11.1 Å². The van der Waals surface area contributed by atoms with Gasteiger partial charge in [-0.15, -0.1) is 0 Å². The van der Waals surface area contributed by atoms with E-state index in [4.69, 9.17) is 5.73 Å². The minimum absolute atomic E-state index is 0.0425. The number of hydrogen-bond acceptors (Lipinski definition) is 4. The number of hydrogen-bond donors (Lipinski definition) is 1. The molecule has 1 aliphatic rings. The van der Waals surface area contributed by atoms with Gasteiger partial charge in [0.15, 0.2) is 0 Å². The van der Waals surface area contributed by atoms with Gasteiger partial charge < -0.3 is 10.6 Å². The molecule has 0 aromatic carbocycles. The zero-order valence-corrected chi connectivity index (χ0v) is 11.4. The van der Waals surface area contributed by atoms with Crippen LogP contribution in [0.1, 0.15) is 19.3 Å². The van der Waals surface area contributed by atoms with Crippen molar-refractivity contribution in [2.45, 2.75) is 30.3 Å². The number of nitrogens with zero attached hydrogens (tertiary/aromatic N) is 2. The van der Waals surface area contributed by atoms with Gasteiger partial charge in [-0.05, 0) is 31.4 Å². The van der Waals surface area contributed by atoms with Crippen molar-refractivity contribution in [1.82, 2.24) is 9.88 Å². The summed E-state index contributed by atoms with van der Waals surface area (Å²) in [7, 11) is 0. The number of likely N-dealkylation sites (tertiary alicyclic amines) is 1. The van der Waals surface area contributed by atoms with Crippen LogP contribution in [0.2, 0.25) is 0 Å². The molecule has 1 fully saturated rings. The fraction of sp³-hybridized carbons (Fsp3) is 0.462. The minimum Gasteiger partial charge on any atom is -0.368 e. The summed E-state index contributed by atoms with van der Waals surface area (Å²) in [6, 6.07) is 5.14. The molecule has 1 aliphatic heterocycles. The lowest BCUT2D eigenvalue weighted by atomic mass is 10.0. The van der Waals surface area contributed by atoms with Crippen molar-refractivity contribution in [3.8, 4) is 0 Å². The van der Waals surface area contributed by atoms with Gasteiger partial charge in [0.25, 0.3) is 0 Å². The van der Waals surface area contributed by atoms with Gasteiger partial charge in [0.1, 0.15) is 6.04 Å². The van der Waals surface area contributed by atoms with Crippen LogP contribution >= 0.6 is 11.8 Å². The summed E-state index contributed by atoms with van der Waals surface area (Å²) in [6.45, 7) is 0.620. The third-order valence-corrected chi connectivity index (χ3v) is 4.06. The van der Waals surface area contributed by atoms with E-state index in [-0.39, 0.29) is 5.91 Å². The Morgan fingerprint density at radius 3 is 2.95 bits per heavy atom. The molecule has 2 rings (SSSR count). The lowest BCUT2D eigenvalue weighted by Gasteiger charge is -2.33. The summed E-state index contributed by atoms with van der Waals surface area (Å²) >= 11 is 1.38. The Bertz CT molecular complexity index is 452. The molecule has 0 unspecified atom stereocenters. The fourth-order valence-electron chi connectivity index (χ4n) is 2.18. The summed E-state index contributed by atoms with van der Waals surface area (Å²) in [5.74, 6) is -0.157. The van der Waals surface area contributed by atoms with Gasteiger partial charge >= 0.3 is 0 Å². The topological polar surface area (TPSA) is 76.3 Å². The second-order valence-electron chi connectivity index (χ2n) is 4.46. The summed E-state index contributed by atoms with van der Waals surface area (Å²) in [4.78, 5) is 29.3. The standard InChI is InChI=1S/C13H17N3O2S/c14-13(18)10-5-2-4-8-16(10)12(17)9-19-11-6-1-3-7-15-11/h1,3,6-7,10H,2,4-5,8-9H2,(H2,14,18)/t10-/m1/s1. The smallest absolute Gasteiger partial charge is 0.240 e. The summed E-state index contributed by atoms with van der Waals surface area (Å²) in [5.41, 5.74) is 5.35. The first-order valence-electron chi connectivity index (χ1n) is 6.31. The second kappa shape index (κ2) is 6.56. The number of primary amides is 1. The summed E-state index contributed by atoms with van der Waals surface area (Å²) in [5, 5.41) is 0.809. The van der Waals surface area contributed by atoms with E-state index in [1.165, 1.54) is 11.8 Å². The zero-order valence-electron chi connectivity index (χ0n) is 10.6. The molecule has 2 heterocycles. The fourth-order valence-corrected chi connectivity index (χ4v) is 2.92. The SMILES string of the molecule is NC(=O)[C@H]1CCCCN1C(=O)CSc1ccccn1. The quantitative estimate of drug-likeness (QED) is 0.836. The first kappa shape index (κ1) is 13.9. The van der Waals surface area contributed by atoms with Gasteiger partial charge in [-0.3, -0.25) is 9.59 Å². The van der Waals surface area contributed by atoms with Gasteiger partial charge in [-0.25, -0.2) is 4.98 Å². The highest BCUT2D eigenvalue weighted by Crippen LogP contribution is 2.20. The van der Waals surface area contributed by atoms with Crippen LogP contribution in [-0.4, -0.2) is 40.0 Å². The van der Waals surface area contributed by atoms with Crippen LogP contribution < -0.4 is 5.73 Å². The number of carbonyl (C=O) groups excluding carboxylic acids is 2. The number of amides is 2. The van der Waals surface area contributed by atoms with Gasteiger partial charge in [0.05, 0.1) is 10.8 Å². The highest BCUT2D eigenvalue weighted by Gasteiger charge is 2.30.